The van der Waals surface area contributed by atoms with Crippen molar-refractivity contribution in [1.29, 1.82) is 0 Å². The monoisotopic (exact) mass is 305 g/mol. The average molecular weight is 305 g/mol. The Labute approximate surface area is 132 Å². The summed E-state index contributed by atoms with van der Waals surface area (Å²) in [4.78, 5) is 28.5. The zero-order valence-corrected chi connectivity index (χ0v) is 13.5. The van der Waals surface area contributed by atoms with E-state index < -0.39 is 0 Å². The second-order valence-corrected chi connectivity index (χ2v) is 7.87. The number of likely N-dealkylation sites (tertiary alicyclic amines) is 1. The van der Waals surface area contributed by atoms with Crippen LogP contribution in [0.15, 0.2) is 0 Å². The van der Waals surface area contributed by atoms with Crippen molar-refractivity contribution in [2.75, 3.05) is 20.1 Å². The summed E-state index contributed by atoms with van der Waals surface area (Å²) in [5, 5.41) is 3.06. The lowest BCUT2D eigenvalue weighted by molar-refractivity contribution is -0.139. The molecule has 0 aromatic heterocycles. The van der Waals surface area contributed by atoms with E-state index >= 15 is 0 Å². The third-order valence-electron chi connectivity index (χ3n) is 6.19. The molecule has 0 aromatic carbocycles. The first-order chi connectivity index (χ1) is 10.6. The van der Waals surface area contributed by atoms with E-state index in [1.807, 2.05) is 4.90 Å². The Morgan fingerprint density at radius 1 is 1.05 bits per heavy atom. The zero-order chi connectivity index (χ0) is 15.3. The van der Waals surface area contributed by atoms with Gasteiger partial charge in [0.05, 0.1) is 6.04 Å². The minimum Gasteiger partial charge on any atom is -0.350 e. The molecule has 1 saturated carbocycles. The van der Waals surface area contributed by atoms with Crippen LogP contribution in [0.3, 0.4) is 0 Å². The first-order valence-corrected chi connectivity index (χ1v) is 8.90. The molecule has 5 nitrogen and oxygen atoms in total. The van der Waals surface area contributed by atoms with Gasteiger partial charge in [0.1, 0.15) is 0 Å². The van der Waals surface area contributed by atoms with Gasteiger partial charge in [0.25, 0.3) is 0 Å². The van der Waals surface area contributed by atoms with Gasteiger partial charge < -0.3 is 15.1 Å². The third kappa shape index (κ3) is 2.75. The van der Waals surface area contributed by atoms with Crippen LogP contribution in [0.1, 0.15) is 44.9 Å². The van der Waals surface area contributed by atoms with Crippen molar-refractivity contribution >= 4 is 11.8 Å². The van der Waals surface area contributed by atoms with Crippen LogP contribution in [0.5, 0.6) is 0 Å². The number of hydrogen-bond acceptors (Lipinski definition) is 3. The van der Waals surface area contributed by atoms with E-state index in [4.69, 9.17) is 0 Å². The molecule has 2 amide bonds. The molecule has 2 unspecified atom stereocenters. The number of fused-ring (bicyclic) bond motifs is 2. The Morgan fingerprint density at radius 2 is 1.68 bits per heavy atom. The largest absolute Gasteiger partial charge is 0.350 e. The lowest BCUT2D eigenvalue weighted by atomic mass is 9.87. The van der Waals surface area contributed by atoms with Crippen LogP contribution in [0.2, 0.25) is 0 Å². The van der Waals surface area contributed by atoms with E-state index in [-0.39, 0.29) is 17.9 Å². The van der Waals surface area contributed by atoms with E-state index in [0.717, 1.165) is 25.9 Å². The number of piperidine rings is 1. The molecule has 4 rings (SSSR count). The Balaban J connectivity index is 1.20. The summed E-state index contributed by atoms with van der Waals surface area (Å²) in [6, 6.07) is 1.61. The normalized spacial score (nSPS) is 35.3. The average Bonchev–Trinajstić information content (AvgIpc) is 3.24. The van der Waals surface area contributed by atoms with Crippen LogP contribution >= 0.6 is 0 Å². The number of nitrogens with zero attached hydrogens (tertiary/aromatic N) is 2. The summed E-state index contributed by atoms with van der Waals surface area (Å²) in [6.45, 7) is 1.44. The van der Waals surface area contributed by atoms with E-state index in [1.165, 1.54) is 25.7 Å². The number of hydrogen-bond donors (Lipinski definition) is 1. The van der Waals surface area contributed by atoms with Gasteiger partial charge in [0.2, 0.25) is 11.8 Å². The van der Waals surface area contributed by atoms with E-state index in [0.29, 0.717) is 30.3 Å². The molecular formula is C17H27N3O2. The predicted octanol–water partition coefficient (Wildman–Crippen LogP) is 0.986. The maximum absolute atomic E-state index is 12.4. The molecule has 2 atom stereocenters. The fourth-order valence-electron chi connectivity index (χ4n) is 4.50. The molecule has 0 aromatic rings. The second-order valence-electron chi connectivity index (χ2n) is 7.87. The number of rotatable bonds is 4. The molecule has 1 N–H and O–H groups in total. The topological polar surface area (TPSA) is 52.7 Å². The first kappa shape index (κ1) is 14.5. The van der Waals surface area contributed by atoms with E-state index in [1.54, 1.807) is 0 Å². The molecule has 4 aliphatic rings. The molecule has 3 aliphatic heterocycles. The molecular weight excluding hydrogens is 278 g/mol. The summed E-state index contributed by atoms with van der Waals surface area (Å²) >= 11 is 0. The number of carbonyl (C=O) groups is 2. The zero-order valence-electron chi connectivity index (χ0n) is 13.5. The van der Waals surface area contributed by atoms with Gasteiger partial charge >= 0.3 is 0 Å². The number of carbonyl (C=O) groups excluding carboxylic acids is 2. The predicted molar refractivity (Wildman–Crippen MR) is 83.1 cm³/mol. The molecule has 0 spiro atoms. The Morgan fingerprint density at radius 3 is 2.27 bits per heavy atom. The fraction of sp³-hybridized carbons (Fsp3) is 0.882. The van der Waals surface area contributed by atoms with Crippen LogP contribution in [-0.2, 0) is 9.59 Å². The van der Waals surface area contributed by atoms with Gasteiger partial charge in [0, 0.05) is 37.5 Å². The van der Waals surface area contributed by atoms with Gasteiger partial charge in [-0.15, -0.1) is 0 Å². The highest BCUT2D eigenvalue weighted by atomic mass is 16.2. The van der Waals surface area contributed by atoms with Crippen molar-refractivity contribution in [3.63, 3.8) is 0 Å². The second kappa shape index (κ2) is 5.52. The van der Waals surface area contributed by atoms with Gasteiger partial charge in [-0.05, 0) is 51.5 Å². The first-order valence-electron chi connectivity index (χ1n) is 8.90. The SMILES string of the molecule is CN1C2CCC1CC(CC(=O)N1CC(NC(=O)C3CC3)C1)C2. The van der Waals surface area contributed by atoms with Crippen LogP contribution in [0.25, 0.3) is 0 Å². The smallest absolute Gasteiger partial charge is 0.223 e. The summed E-state index contributed by atoms with van der Waals surface area (Å²) in [6.07, 6.45) is 7.79. The molecule has 5 heteroatoms. The molecule has 22 heavy (non-hydrogen) atoms. The molecule has 1 aliphatic carbocycles. The molecule has 3 heterocycles. The molecule has 0 radical (unpaired) electrons. The van der Waals surface area contributed by atoms with Crippen LogP contribution in [0.4, 0.5) is 0 Å². The Kier molecular flexibility index (Phi) is 3.63. The standard InChI is InChI=1S/C17H27N3O2/c1-19-14-4-5-15(19)7-11(6-14)8-16(21)20-9-13(10-20)18-17(22)12-2-3-12/h11-15H,2-10H2,1H3,(H,18,22). The maximum atomic E-state index is 12.4. The van der Waals surface area contributed by atoms with Crippen LogP contribution < -0.4 is 5.32 Å². The summed E-state index contributed by atoms with van der Waals surface area (Å²) in [5.41, 5.74) is 0. The van der Waals surface area contributed by atoms with Crippen molar-refractivity contribution in [3.05, 3.63) is 0 Å². The molecule has 4 fully saturated rings. The number of amides is 2. The van der Waals surface area contributed by atoms with Gasteiger partial charge in [0.15, 0.2) is 0 Å². The van der Waals surface area contributed by atoms with E-state index in [2.05, 4.69) is 17.3 Å². The van der Waals surface area contributed by atoms with Crippen molar-refractivity contribution in [3.8, 4) is 0 Å². The Bertz CT molecular complexity index is 457. The van der Waals surface area contributed by atoms with Gasteiger partial charge in [-0.25, -0.2) is 0 Å². The lowest BCUT2D eigenvalue weighted by Crippen LogP contribution is -2.61. The van der Waals surface area contributed by atoms with Crippen LogP contribution in [-0.4, -0.2) is 59.9 Å². The summed E-state index contributed by atoms with van der Waals surface area (Å²) in [7, 11) is 2.24. The molecule has 3 saturated heterocycles. The highest BCUT2D eigenvalue weighted by molar-refractivity contribution is 5.82. The minimum absolute atomic E-state index is 0.198. The lowest BCUT2D eigenvalue weighted by Gasteiger charge is -2.41. The third-order valence-corrected chi connectivity index (χ3v) is 6.19. The molecule has 2 bridgehead atoms. The highest BCUT2D eigenvalue weighted by Crippen LogP contribution is 2.39. The van der Waals surface area contributed by atoms with Crippen molar-refractivity contribution in [2.24, 2.45) is 11.8 Å². The van der Waals surface area contributed by atoms with Gasteiger partial charge in [-0.2, -0.15) is 0 Å². The van der Waals surface area contributed by atoms with Crippen molar-refractivity contribution in [1.82, 2.24) is 15.1 Å². The van der Waals surface area contributed by atoms with Gasteiger partial charge in [-0.1, -0.05) is 0 Å². The Hall–Kier alpha value is -1.10. The highest BCUT2D eigenvalue weighted by Gasteiger charge is 2.41. The van der Waals surface area contributed by atoms with E-state index in [9.17, 15) is 9.59 Å². The quantitative estimate of drug-likeness (QED) is 0.842. The van der Waals surface area contributed by atoms with Gasteiger partial charge in [-0.3, -0.25) is 9.59 Å². The minimum atomic E-state index is 0.198. The fourth-order valence-corrected chi connectivity index (χ4v) is 4.50. The molecule has 122 valence electrons. The van der Waals surface area contributed by atoms with Crippen LogP contribution in [0, 0.1) is 11.8 Å². The summed E-state index contributed by atoms with van der Waals surface area (Å²) in [5.74, 6) is 1.33. The number of nitrogens with one attached hydrogen (secondary N) is 1. The van der Waals surface area contributed by atoms with Crippen molar-refractivity contribution in [2.45, 2.75) is 63.1 Å². The maximum Gasteiger partial charge on any atom is 0.223 e. The summed E-state index contributed by atoms with van der Waals surface area (Å²) < 4.78 is 0. The van der Waals surface area contributed by atoms with Crippen molar-refractivity contribution < 1.29 is 9.59 Å².